The maximum Gasteiger partial charge on any atom is 0.0639 e. The van der Waals surface area contributed by atoms with Gasteiger partial charge in [0.2, 0.25) is 0 Å². The average molecular weight is 277 g/mol. The molecule has 1 fully saturated rings. The maximum absolute atomic E-state index is 9.41. The summed E-state index contributed by atoms with van der Waals surface area (Å²) in [6.07, 6.45) is 5.98. The number of piperidine rings is 1. The Labute approximate surface area is 122 Å². The van der Waals surface area contributed by atoms with Crippen LogP contribution in [0.2, 0.25) is 0 Å². The van der Waals surface area contributed by atoms with Crippen LogP contribution in [0, 0.1) is 5.92 Å². The van der Waals surface area contributed by atoms with Gasteiger partial charge in [0.1, 0.15) is 0 Å². The molecule has 0 unspecified atom stereocenters. The summed E-state index contributed by atoms with van der Waals surface area (Å²) < 4.78 is 0. The molecule has 0 aliphatic carbocycles. The van der Waals surface area contributed by atoms with Crippen LogP contribution >= 0.6 is 0 Å². The highest BCUT2D eigenvalue weighted by Gasteiger charge is 2.20. The van der Waals surface area contributed by atoms with Crippen LogP contribution in [-0.2, 0) is 0 Å². The number of β-amino-alcohol motifs (C(OH)–C–C–N with tert-alkyl or cyclic N) is 1. The lowest BCUT2D eigenvalue weighted by molar-refractivity contribution is 0.0994. The quantitative estimate of drug-likeness (QED) is 0.833. The summed E-state index contributed by atoms with van der Waals surface area (Å²) in [5, 5.41) is 13.0. The van der Waals surface area contributed by atoms with Crippen LogP contribution in [0.3, 0.4) is 0 Å². The zero-order valence-corrected chi connectivity index (χ0v) is 12.6. The molecule has 0 saturated carbocycles. The van der Waals surface area contributed by atoms with Gasteiger partial charge in [-0.1, -0.05) is 6.07 Å². The molecule has 4 heteroatoms. The Hall–Kier alpha value is -0.970. The summed E-state index contributed by atoms with van der Waals surface area (Å²) in [7, 11) is 0. The molecule has 1 aromatic heterocycles. The minimum absolute atomic E-state index is 0.213. The van der Waals surface area contributed by atoms with E-state index in [2.05, 4.69) is 28.2 Å². The van der Waals surface area contributed by atoms with E-state index in [0.717, 1.165) is 32.1 Å². The molecule has 1 aliphatic heterocycles. The van der Waals surface area contributed by atoms with Crippen LogP contribution in [0.5, 0.6) is 0 Å². The fourth-order valence-electron chi connectivity index (χ4n) is 2.84. The lowest BCUT2D eigenvalue weighted by Crippen LogP contribution is -2.40. The van der Waals surface area contributed by atoms with Crippen LogP contribution in [-0.4, -0.2) is 47.3 Å². The van der Waals surface area contributed by atoms with Gasteiger partial charge in [-0.15, -0.1) is 0 Å². The van der Waals surface area contributed by atoms with E-state index < -0.39 is 0 Å². The minimum atomic E-state index is -0.213. The van der Waals surface area contributed by atoms with Crippen molar-refractivity contribution >= 4 is 0 Å². The first-order chi connectivity index (χ1) is 9.65. The standard InChI is InChI=1S/C16H27N3O/c1-13(20)12-19-8-5-15(6-9-19)10-18-14(2)16-4-3-7-17-11-16/h3-4,7,11,13-15,18,20H,5-6,8-10,12H2,1-2H3/t13-,14-/m0/s1. The first-order valence-corrected chi connectivity index (χ1v) is 7.69. The number of nitrogens with zero attached hydrogens (tertiary/aromatic N) is 2. The lowest BCUT2D eigenvalue weighted by Gasteiger charge is -2.33. The molecule has 1 aromatic rings. The second-order valence-corrected chi connectivity index (χ2v) is 6.01. The van der Waals surface area contributed by atoms with Crippen molar-refractivity contribution in [1.29, 1.82) is 0 Å². The van der Waals surface area contributed by atoms with Gasteiger partial charge in [-0.05, 0) is 63.9 Å². The number of nitrogens with one attached hydrogen (secondary N) is 1. The zero-order valence-electron chi connectivity index (χ0n) is 12.6. The highest BCUT2D eigenvalue weighted by molar-refractivity contribution is 5.12. The van der Waals surface area contributed by atoms with E-state index in [9.17, 15) is 5.11 Å². The fourth-order valence-corrected chi connectivity index (χ4v) is 2.84. The van der Waals surface area contributed by atoms with Crippen LogP contribution < -0.4 is 5.32 Å². The van der Waals surface area contributed by atoms with Crippen molar-refractivity contribution in [2.75, 3.05) is 26.2 Å². The van der Waals surface area contributed by atoms with Gasteiger partial charge in [0.15, 0.2) is 0 Å². The SMILES string of the molecule is C[C@H](O)CN1CCC(CN[C@@H](C)c2cccnc2)CC1. The van der Waals surface area contributed by atoms with Gasteiger partial charge < -0.3 is 15.3 Å². The Bertz CT molecular complexity index is 375. The van der Waals surface area contributed by atoms with Crippen molar-refractivity contribution in [2.45, 2.75) is 38.8 Å². The second kappa shape index (κ2) is 7.72. The molecule has 2 N–H and O–H groups in total. The van der Waals surface area contributed by atoms with Crippen molar-refractivity contribution in [3.05, 3.63) is 30.1 Å². The van der Waals surface area contributed by atoms with Gasteiger partial charge >= 0.3 is 0 Å². The van der Waals surface area contributed by atoms with Gasteiger partial charge in [-0.3, -0.25) is 4.98 Å². The molecule has 2 atom stereocenters. The fraction of sp³-hybridized carbons (Fsp3) is 0.688. The number of aliphatic hydroxyl groups excluding tert-OH is 1. The molecule has 20 heavy (non-hydrogen) atoms. The largest absolute Gasteiger partial charge is 0.392 e. The van der Waals surface area contributed by atoms with Gasteiger partial charge in [0.25, 0.3) is 0 Å². The van der Waals surface area contributed by atoms with Crippen LogP contribution in [0.25, 0.3) is 0 Å². The van der Waals surface area contributed by atoms with Gasteiger partial charge in [0, 0.05) is 25.0 Å². The number of rotatable bonds is 6. The van der Waals surface area contributed by atoms with Crippen LogP contribution in [0.15, 0.2) is 24.5 Å². The lowest BCUT2D eigenvalue weighted by atomic mass is 9.96. The second-order valence-electron chi connectivity index (χ2n) is 6.01. The predicted octanol–water partition coefficient (Wildman–Crippen LogP) is 1.82. The molecule has 0 amide bonds. The Kier molecular flexibility index (Phi) is 5.95. The molecule has 4 nitrogen and oxygen atoms in total. The Morgan fingerprint density at radius 2 is 2.15 bits per heavy atom. The molecule has 0 radical (unpaired) electrons. The summed E-state index contributed by atoms with van der Waals surface area (Å²) in [4.78, 5) is 6.53. The van der Waals surface area contributed by atoms with E-state index in [1.807, 2.05) is 25.4 Å². The van der Waals surface area contributed by atoms with E-state index >= 15 is 0 Å². The monoisotopic (exact) mass is 277 g/mol. The number of hydrogen-bond acceptors (Lipinski definition) is 4. The Morgan fingerprint density at radius 3 is 2.75 bits per heavy atom. The van der Waals surface area contributed by atoms with Crippen molar-refractivity contribution in [3.63, 3.8) is 0 Å². The van der Waals surface area contributed by atoms with E-state index in [-0.39, 0.29) is 6.10 Å². The minimum Gasteiger partial charge on any atom is -0.392 e. The molecular weight excluding hydrogens is 250 g/mol. The smallest absolute Gasteiger partial charge is 0.0639 e. The summed E-state index contributed by atoms with van der Waals surface area (Å²) in [5.41, 5.74) is 1.25. The number of aromatic nitrogens is 1. The number of pyridine rings is 1. The van der Waals surface area contributed by atoms with E-state index in [1.165, 1.54) is 18.4 Å². The van der Waals surface area contributed by atoms with Crippen molar-refractivity contribution in [2.24, 2.45) is 5.92 Å². The molecule has 1 aliphatic rings. The van der Waals surface area contributed by atoms with Crippen LogP contribution in [0.4, 0.5) is 0 Å². The summed E-state index contributed by atoms with van der Waals surface area (Å²) in [6, 6.07) is 4.47. The van der Waals surface area contributed by atoms with Crippen LogP contribution in [0.1, 0.15) is 38.3 Å². The van der Waals surface area contributed by atoms with Crippen molar-refractivity contribution in [3.8, 4) is 0 Å². The Morgan fingerprint density at radius 1 is 1.40 bits per heavy atom. The Balaban J connectivity index is 1.68. The van der Waals surface area contributed by atoms with Crippen molar-refractivity contribution in [1.82, 2.24) is 15.2 Å². The van der Waals surface area contributed by atoms with E-state index in [1.54, 1.807) is 0 Å². The van der Waals surface area contributed by atoms with Gasteiger partial charge in [0.05, 0.1) is 6.10 Å². The molecule has 112 valence electrons. The number of aliphatic hydroxyl groups is 1. The summed E-state index contributed by atoms with van der Waals surface area (Å²) in [6.45, 7) is 8.16. The number of likely N-dealkylation sites (tertiary alicyclic amines) is 1. The van der Waals surface area contributed by atoms with Crippen molar-refractivity contribution < 1.29 is 5.11 Å². The van der Waals surface area contributed by atoms with Gasteiger partial charge in [-0.2, -0.15) is 0 Å². The predicted molar refractivity (Wildman–Crippen MR) is 81.5 cm³/mol. The van der Waals surface area contributed by atoms with E-state index in [4.69, 9.17) is 0 Å². The average Bonchev–Trinajstić information content (AvgIpc) is 2.46. The first kappa shape index (κ1) is 15.4. The highest BCUT2D eigenvalue weighted by Crippen LogP contribution is 2.18. The molecule has 0 aromatic carbocycles. The molecule has 2 rings (SSSR count). The zero-order chi connectivity index (χ0) is 14.4. The normalized spacial score (nSPS) is 20.8. The van der Waals surface area contributed by atoms with Gasteiger partial charge in [-0.25, -0.2) is 0 Å². The maximum atomic E-state index is 9.41. The third-order valence-corrected chi connectivity index (χ3v) is 4.13. The molecule has 0 spiro atoms. The molecule has 1 saturated heterocycles. The number of hydrogen-bond donors (Lipinski definition) is 2. The molecular formula is C16H27N3O. The highest BCUT2D eigenvalue weighted by atomic mass is 16.3. The third-order valence-electron chi connectivity index (χ3n) is 4.13. The summed E-state index contributed by atoms with van der Waals surface area (Å²) in [5.74, 6) is 0.749. The topological polar surface area (TPSA) is 48.4 Å². The van der Waals surface area contributed by atoms with E-state index in [0.29, 0.717) is 6.04 Å². The first-order valence-electron chi connectivity index (χ1n) is 7.69. The molecule has 0 bridgehead atoms. The third kappa shape index (κ3) is 4.85. The summed E-state index contributed by atoms with van der Waals surface area (Å²) >= 11 is 0. The molecule has 2 heterocycles.